The van der Waals surface area contributed by atoms with Crippen LogP contribution in [0.3, 0.4) is 0 Å². The SMILES string of the molecule is O=C(CCC(NCC1C#CC1)C(=O)O)OCc1ccccc1. The molecule has 5 heteroatoms. The third-order valence-corrected chi connectivity index (χ3v) is 3.44. The second kappa shape index (κ2) is 8.20. The molecule has 2 N–H and O–H groups in total. The zero-order chi connectivity index (χ0) is 15.8. The highest BCUT2D eigenvalue weighted by molar-refractivity contribution is 5.75. The molecule has 1 aliphatic rings. The summed E-state index contributed by atoms with van der Waals surface area (Å²) in [6.45, 7) is 0.755. The number of rotatable bonds is 9. The Hall–Kier alpha value is -2.32. The molecule has 0 fully saturated rings. The fourth-order valence-corrected chi connectivity index (χ4v) is 2.04. The number of carbonyl (C=O) groups excluding carboxylic acids is 1. The van der Waals surface area contributed by atoms with E-state index in [0.717, 1.165) is 12.0 Å². The minimum atomic E-state index is -0.955. The van der Waals surface area contributed by atoms with Crippen molar-refractivity contribution >= 4 is 11.9 Å². The van der Waals surface area contributed by atoms with Crippen molar-refractivity contribution in [1.82, 2.24) is 5.32 Å². The molecule has 22 heavy (non-hydrogen) atoms. The summed E-state index contributed by atoms with van der Waals surface area (Å²) in [5.74, 6) is 4.72. The molecular formula is C17H19NO4. The van der Waals surface area contributed by atoms with Crippen LogP contribution in [0.15, 0.2) is 30.3 Å². The van der Waals surface area contributed by atoms with Crippen LogP contribution in [0.4, 0.5) is 0 Å². The highest BCUT2D eigenvalue weighted by Crippen LogP contribution is 2.09. The highest BCUT2D eigenvalue weighted by Gasteiger charge is 2.20. The second-order valence-electron chi connectivity index (χ2n) is 5.21. The zero-order valence-corrected chi connectivity index (χ0v) is 12.2. The van der Waals surface area contributed by atoms with Crippen LogP contribution in [0.5, 0.6) is 0 Å². The maximum Gasteiger partial charge on any atom is 0.320 e. The lowest BCUT2D eigenvalue weighted by atomic mass is 9.98. The minimum absolute atomic E-state index is 0.0765. The molecule has 0 saturated carbocycles. The van der Waals surface area contributed by atoms with E-state index >= 15 is 0 Å². The van der Waals surface area contributed by atoms with Gasteiger partial charge in [0.2, 0.25) is 0 Å². The topological polar surface area (TPSA) is 75.6 Å². The van der Waals surface area contributed by atoms with Crippen LogP contribution in [0.2, 0.25) is 0 Å². The summed E-state index contributed by atoms with van der Waals surface area (Å²) in [4.78, 5) is 22.8. The van der Waals surface area contributed by atoms with Crippen LogP contribution in [0.25, 0.3) is 0 Å². The Morgan fingerprint density at radius 3 is 2.68 bits per heavy atom. The molecule has 2 unspecified atom stereocenters. The van der Waals surface area contributed by atoms with Crippen LogP contribution in [0.1, 0.15) is 24.8 Å². The van der Waals surface area contributed by atoms with E-state index in [1.807, 2.05) is 30.3 Å². The molecular weight excluding hydrogens is 282 g/mol. The number of carboxylic acids is 1. The van der Waals surface area contributed by atoms with Gasteiger partial charge in [0.25, 0.3) is 0 Å². The predicted octanol–water partition coefficient (Wildman–Crippen LogP) is 1.58. The first-order valence-corrected chi connectivity index (χ1v) is 7.29. The van der Waals surface area contributed by atoms with Gasteiger partial charge in [-0.2, -0.15) is 0 Å². The van der Waals surface area contributed by atoms with Crippen molar-refractivity contribution in [2.45, 2.75) is 31.9 Å². The lowest BCUT2D eigenvalue weighted by Gasteiger charge is -2.18. The van der Waals surface area contributed by atoms with Crippen molar-refractivity contribution in [2.24, 2.45) is 5.92 Å². The van der Waals surface area contributed by atoms with Crippen LogP contribution in [-0.4, -0.2) is 29.6 Å². The molecule has 1 aromatic rings. The predicted molar refractivity (Wildman–Crippen MR) is 80.8 cm³/mol. The van der Waals surface area contributed by atoms with Crippen molar-refractivity contribution in [3.8, 4) is 11.8 Å². The summed E-state index contributed by atoms with van der Waals surface area (Å²) >= 11 is 0. The van der Waals surface area contributed by atoms with Gasteiger partial charge in [-0.25, -0.2) is 0 Å². The van der Waals surface area contributed by atoms with Gasteiger partial charge in [-0.3, -0.25) is 9.59 Å². The maximum atomic E-state index is 11.7. The van der Waals surface area contributed by atoms with Crippen molar-refractivity contribution in [3.63, 3.8) is 0 Å². The Labute approximate surface area is 129 Å². The average Bonchev–Trinajstić information content (AvgIpc) is 2.47. The second-order valence-corrected chi connectivity index (χ2v) is 5.21. The molecule has 0 spiro atoms. The van der Waals surface area contributed by atoms with Crippen LogP contribution in [0, 0.1) is 17.8 Å². The first kappa shape index (κ1) is 16.1. The normalized spacial score (nSPS) is 16.8. The molecule has 116 valence electrons. The number of carbonyl (C=O) groups is 2. The minimum Gasteiger partial charge on any atom is -0.480 e. The Kier molecular flexibility index (Phi) is 5.99. The van der Waals surface area contributed by atoms with Crippen LogP contribution >= 0.6 is 0 Å². The van der Waals surface area contributed by atoms with Crippen molar-refractivity contribution < 1.29 is 19.4 Å². The molecule has 0 heterocycles. The molecule has 5 nitrogen and oxygen atoms in total. The van der Waals surface area contributed by atoms with Gasteiger partial charge in [0, 0.05) is 25.3 Å². The zero-order valence-electron chi connectivity index (χ0n) is 12.2. The lowest BCUT2D eigenvalue weighted by molar-refractivity contribution is -0.145. The maximum absolute atomic E-state index is 11.7. The summed E-state index contributed by atoms with van der Waals surface area (Å²) in [6.07, 6.45) is 1.09. The average molecular weight is 301 g/mol. The summed E-state index contributed by atoms with van der Waals surface area (Å²) in [5, 5.41) is 12.1. The summed E-state index contributed by atoms with van der Waals surface area (Å²) in [7, 11) is 0. The molecule has 0 amide bonds. The van der Waals surface area contributed by atoms with Crippen molar-refractivity contribution in [3.05, 3.63) is 35.9 Å². The Morgan fingerprint density at radius 2 is 2.09 bits per heavy atom. The van der Waals surface area contributed by atoms with Gasteiger partial charge in [0.05, 0.1) is 0 Å². The van der Waals surface area contributed by atoms with Gasteiger partial charge in [0.1, 0.15) is 12.6 Å². The third-order valence-electron chi connectivity index (χ3n) is 3.44. The smallest absolute Gasteiger partial charge is 0.320 e. The van der Waals surface area contributed by atoms with Gasteiger partial charge in [-0.1, -0.05) is 36.3 Å². The fourth-order valence-electron chi connectivity index (χ4n) is 2.04. The summed E-state index contributed by atoms with van der Waals surface area (Å²) in [6, 6.07) is 8.63. The standard InChI is InChI=1S/C17H19NO4/c19-16(22-12-14-5-2-1-3-6-14)10-9-15(17(20)21)18-11-13-7-4-8-13/h1-3,5-6,13,15,18H,7,9-12H2,(H,20,21). The van der Waals surface area contributed by atoms with E-state index in [-0.39, 0.29) is 31.3 Å². The highest BCUT2D eigenvalue weighted by atomic mass is 16.5. The molecule has 1 aliphatic carbocycles. The van der Waals surface area contributed by atoms with Gasteiger partial charge in [0.15, 0.2) is 0 Å². The fraction of sp³-hybridized carbons (Fsp3) is 0.412. The van der Waals surface area contributed by atoms with Gasteiger partial charge in [-0.05, 0) is 12.0 Å². The third kappa shape index (κ3) is 5.23. The lowest BCUT2D eigenvalue weighted by Crippen LogP contribution is -2.40. The quantitative estimate of drug-likeness (QED) is 0.535. The molecule has 0 radical (unpaired) electrons. The molecule has 1 aromatic carbocycles. The van der Waals surface area contributed by atoms with Gasteiger partial charge >= 0.3 is 11.9 Å². The number of aliphatic carboxylic acids is 1. The number of hydrogen-bond acceptors (Lipinski definition) is 4. The Bertz CT molecular complexity index is 573. The van der Waals surface area contributed by atoms with E-state index in [2.05, 4.69) is 17.2 Å². The van der Waals surface area contributed by atoms with Crippen molar-refractivity contribution in [2.75, 3.05) is 6.54 Å². The number of hydrogen-bond donors (Lipinski definition) is 2. The van der Waals surface area contributed by atoms with E-state index in [9.17, 15) is 9.59 Å². The van der Waals surface area contributed by atoms with E-state index in [4.69, 9.17) is 9.84 Å². The number of benzene rings is 1. The largest absolute Gasteiger partial charge is 0.480 e. The first-order chi connectivity index (χ1) is 10.6. The van der Waals surface area contributed by atoms with E-state index in [1.165, 1.54) is 0 Å². The molecule has 0 bridgehead atoms. The van der Waals surface area contributed by atoms with Crippen LogP contribution in [-0.2, 0) is 20.9 Å². The Balaban J connectivity index is 1.68. The molecule has 0 saturated heterocycles. The number of ether oxygens (including phenoxy) is 1. The van der Waals surface area contributed by atoms with Crippen LogP contribution < -0.4 is 5.32 Å². The van der Waals surface area contributed by atoms with E-state index < -0.39 is 12.0 Å². The Morgan fingerprint density at radius 1 is 1.36 bits per heavy atom. The molecule has 0 aliphatic heterocycles. The monoisotopic (exact) mass is 301 g/mol. The number of nitrogens with one attached hydrogen (secondary N) is 1. The first-order valence-electron chi connectivity index (χ1n) is 7.29. The molecule has 0 aromatic heterocycles. The number of esters is 1. The summed E-state index contributed by atoms with van der Waals surface area (Å²) in [5.41, 5.74) is 0.910. The van der Waals surface area contributed by atoms with E-state index in [1.54, 1.807) is 0 Å². The number of carboxylic acid groups (broad SMARTS) is 1. The molecule has 2 atom stereocenters. The van der Waals surface area contributed by atoms with E-state index in [0.29, 0.717) is 6.54 Å². The molecule has 2 rings (SSSR count). The van der Waals surface area contributed by atoms with Crippen molar-refractivity contribution in [1.29, 1.82) is 0 Å². The van der Waals surface area contributed by atoms with Gasteiger partial charge < -0.3 is 15.2 Å². The van der Waals surface area contributed by atoms with Gasteiger partial charge in [-0.15, -0.1) is 5.92 Å². The summed E-state index contributed by atoms with van der Waals surface area (Å²) < 4.78 is 5.13.